The minimum Gasteiger partial charge on any atom is -0.489 e. The van der Waals surface area contributed by atoms with Crippen LogP contribution in [0.3, 0.4) is 0 Å². The highest BCUT2D eigenvalue weighted by Gasteiger charge is 2.34. The number of para-hydroxylation sites is 1. The van der Waals surface area contributed by atoms with Gasteiger partial charge in [0.25, 0.3) is 5.91 Å². The van der Waals surface area contributed by atoms with Crippen LogP contribution in [0.1, 0.15) is 29.7 Å². The molecule has 0 aliphatic carbocycles. The summed E-state index contributed by atoms with van der Waals surface area (Å²) in [6.45, 7) is 4.22. The van der Waals surface area contributed by atoms with Gasteiger partial charge in [-0.1, -0.05) is 59.2 Å². The number of aromatic nitrogens is 4. The number of allylic oxidation sites excluding steroid dienone is 1. The van der Waals surface area contributed by atoms with Crippen molar-refractivity contribution in [3.05, 3.63) is 106 Å². The Balaban J connectivity index is 1.41. The van der Waals surface area contributed by atoms with Crippen LogP contribution in [0.4, 0.5) is 11.6 Å². The number of ether oxygens (including phenoxy) is 1. The maximum absolute atomic E-state index is 13.5. The molecule has 0 fully saturated rings. The first-order valence-corrected chi connectivity index (χ1v) is 11.5. The molecule has 1 aliphatic heterocycles. The molecule has 0 bridgehead atoms. The van der Waals surface area contributed by atoms with Crippen LogP contribution in [0, 0.1) is 6.92 Å². The quantitative estimate of drug-likeness (QED) is 0.392. The molecule has 3 aromatic carbocycles. The summed E-state index contributed by atoms with van der Waals surface area (Å²) in [4.78, 5) is 13.5. The molecule has 0 saturated heterocycles. The second-order valence-electron chi connectivity index (χ2n) is 8.27. The summed E-state index contributed by atoms with van der Waals surface area (Å²) in [5, 5.41) is 18.9. The highest BCUT2D eigenvalue weighted by molar-refractivity contribution is 6.30. The summed E-state index contributed by atoms with van der Waals surface area (Å²) < 4.78 is 7.54. The van der Waals surface area contributed by atoms with E-state index in [-0.39, 0.29) is 5.91 Å². The number of anilines is 2. The maximum Gasteiger partial charge on any atom is 0.255 e. The number of benzene rings is 3. The first kappa shape index (κ1) is 22.6. The van der Waals surface area contributed by atoms with Crippen molar-refractivity contribution in [1.29, 1.82) is 0 Å². The summed E-state index contributed by atoms with van der Waals surface area (Å²) in [6, 6.07) is 22.3. The molecule has 0 spiro atoms. The van der Waals surface area contributed by atoms with Crippen LogP contribution in [-0.2, 0) is 11.4 Å². The fraction of sp³-hybridized carbons (Fsp3) is 0.154. The Kier molecular flexibility index (Phi) is 6.20. The Morgan fingerprint density at radius 3 is 2.54 bits per heavy atom. The van der Waals surface area contributed by atoms with Crippen molar-refractivity contribution in [2.45, 2.75) is 26.5 Å². The van der Waals surface area contributed by atoms with Crippen LogP contribution in [0.5, 0.6) is 5.75 Å². The Morgan fingerprint density at radius 2 is 1.80 bits per heavy atom. The van der Waals surface area contributed by atoms with Crippen LogP contribution < -0.4 is 15.4 Å². The molecule has 2 N–H and O–H groups in total. The Bertz CT molecular complexity index is 1400. The monoisotopic (exact) mass is 486 g/mol. The molecule has 1 aromatic heterocycles. The van der Waals surface area contributed by atoms with E-state index in [4.69, 9.17) is 16.3 Å². The van der Waals surface area contributed by atoms with Gasteiger partial charge in [-0.05, 0) is 71.3 Å². The van der Waals surface area contributed by atoms with Gasteiger partial charge in [-0.25, -0.2) is 0 Å². The van der Waals surface area contributed by atoms with Crippen molar-refractivity contribution in [3.63, 3.8) is 0 Å². The first-order valence-electron chi connectivity index (χ1n) is 11.1. The molecule has 9 heteroatoms. The van der Waals surface area contributed by atoms with Gasteiger partial charge in [0.2, 0.25) is 5.95 Å². The van der Waals surface area contributed by atoms with Gasteiger partial charge in [-0.15, -0.1) is 0 Å². The molecule has 8 nitrogen and oxygen atoms in total. The zero-order chi connectivity index (χ0) is 24.4. The average molecular weight is 487 g/mol. The van der Waals surface area contributed by atoms with Crippen LogP contribution in [0.25, 0.3) is 0 Å². The SMILES string of the molecule is CC1=C(C(=O)Nc2ccccc2C)C(c2ccc(OCc3ccc(Cl)cc3)cc2)n2nnnc2N1. The van der Waals surface area contributed by atoms with Crippen LogP contribution in [0.15, 0.2) is 84.1 Å². The normalized spacial score (nSPS) is 14.8. The van der Waals surface area contributed by atoms with Gasteiger partial charge in [-0.2, -0.15) is 4.68 Å². The lowest BCUT2D eigenvalue weighted by atomic mass is 9.95. The number of carbonyl (C=O) groups is 1. The predicted octanol–water partition coefficient (Wildman–Crippen LogP) is 5.14. The number of rotatable bonds is 6. The molecule has 35 heavy (non-hydrogen) atoms. The number of amides is 1. The number of fused-ring (bicyclic) bond motifs is 1. The van der Waals surface area contributed by atoms with Gasteiger partial charge in [0, 0.05) is 16.4 Å². The van der Waals surface area contributed by atoms with E-state index in [1.165, 1.54) is 0 Å². The topological polar surface area (TPSA) is 94.0 Å². The minimum absolute atomic E-state index is 0.224. The number of carbonyl (C=O) groups excluding carboxylic acids is 1. The Labute approximate surface area is 207 Å². The predicted molar refractivity (Wildman–Crippen MR) is 134 cm³/mol. The molecule has 1 amide bonds. The summed E-state index contributed by atoms with van der Waals surface area (Å²) in [5.41, 5.74) is 4.82. The smallest absolute Gasteiger partial charge is 0.255 e. The number of hydrogen-bond donors (Lipinski definition) is 2. The molecule has 4 aromatic rings. The van der Waals surface area contributed by atoms with Crippen LogP contribution in [-0.4, -0.2) is 26.1 Å². The van der Waals surface area contributed by atoms with Crippen molar-refractivity contribution in [3.8, 4) is 5.75 Å². The third kappa shape index (κ3) is 4.74. The van der Waals surface area contributed by atoms with Crippen molar-refractivity contribution in [1.82, 2.24) is 20.2 Å². The summed E-state index contributed by atoms with van der Waals surface area (Å²) in [7, 11) is 0. The van der Waals surface area contributed by atoms with Gasteiger partial charge in [-0.3, -0.25) is 4.79 Å². The van der Waals surface area contributed by atoms with E-state index in [0.717, 1.165) is 22.4 Å². The molecule has 0 saturated carbocycles. The number of hydrogen-bond acceptors (Lipinski definition) is 6. The molecule has 1 atom stereocenters. The zero-order valence-corrected chi connectivity index (χ0v) is 20.0. The van der Waals surface area contributed by atoms with E-state index >= 15 is 0 Å². The van der Waals surface area contributed by atoms with E-state index in [0.29, 0.717) is 34.6 Å². The number of halogens is 1. The van der Waals surface area contributed by atoms with Crippen molar-refractivity contribution >= 4 is 29.1 Å². The van der Waals surface area contributed by atoms with E-state index < -0.39 is 6.04 Å². The van der Waals surface area contributed by atoms with Gasteiger partial charge >= 0.3 is 0 Å². The maximum atomic E-state index is 13.5. The third-order valence-corrected chi connectivity index (χ3v) is 6.12. The fourth-order valence-electron chi connectivity index (χ4n) is 4.01. The lowest BCUT2D eigenvalue weighted by molar-refractivity contribution is -0.113. The first-order chi connectivity index (χ1) is 17.0. The second kappa shape index (κ2) is 9.60. The Morgan fingerprint density at radius 1 is 1.06 bits per heavy atom. The average Bonchev–Trinajstić information content (AvgIpc) is 3.32. The molecule has 176 valence electrons. The van der Waals surface area contributed by atoms with Gasteiger partial charge in [0.15, 0.2) is 0 Å². The van der Waals surface area contributed by atoms with E-state index in [1.54, 1.807) is 4.68 Å². The number of nitrogens with zero attached hydrogens (tertiary/aromatic N) is 4. The third-order valence-electron chi connectivity index (χ3n) is 5.87. The Hall–Kier alpha value is -4.17. The zero-order valence-electron chi connectivity index (χ0n) is 19.2. The van der Waals surface area contributed by atoms with E-state index in [2.05, 4.69) is 26.2 Å². The summed E-state index contributed by atoms with van der Waals surface area (Å²) in [5.74, 6) is 0.961. The second-order valence-corrected chi connectivity index (χ2v) is 8.70. The van der Waals surface area contributed by atoms with Crippen molar-refractivity contribution < 1.29 is 9.53 Å². The van der Waals surface area contributed by atoms with Crippen LogP contribution in [0.2, 0.25) is 5.02 Å². The number of tetrazole rings is 1. The highest BCUT2D eigenvalue weighted by atomic mass is 35.5. The number of nitrogens with one attached hydrogen (secondary N) is 2. The van der Waals surface area contributed by atoms with Gasteiger partial charge < -0.3 is 15.4 Å². The fourth-order valence-corrected chi connectivity index (χ4v) is 4.14. The largest absolute Gasteiger partial charge is 0.489 e. The minimum atomic E-state index is -0.504. The van der Waals surface area contributed by atoms with E-state index in [9.17, 15) is 4.79 Å². The molecule has 0 radical (unpaired) electrons. The van der Waals surface area contributed by atoms with Gasteiger partial charge in [0.1, 0.15) is 18.4 Å². The molecular formula is C26H23ClN6O2. The van der Waals surface area contributed by atoms with E-state index in [1.807, 2.05) is 86.6 Å². The van der Waals surface area contributed by atoms with Crippen molar-refractivity contribution in [2.75, 3.05) is 10.6 Å². The molecule has 5 rings (SSSR count). The summed E-state index contributed by atoms with van der Waals surface area (Å²) in [6.07, 6.45) is 0. The molecule has 1 unspecified atom stereocenters. The lowest BCUT2D eigenvalue weighted by Gasteiger charge is -2.28. The molecule has 1 aliphatic rings. The highest BCUT2D eigenvalue weighted by Crippen LogP contribution is 2.35. The van der Waals surface area contributed by atoms with Gasteiger partial charge in [0.05, 0.1) is 5.57 Å². The number of aryl methyl sites for hydroxylation is 1. The molecule has 2 heterocycles. The summed E-state index contributed by atoms with van der Waals surface area (Å²) >= 11 is 5.95. The lowest BCUT2D eigenvalue weighted by Crippen LogP contribution is -2.31. The van der Waals surface area contributed by atoms with Crippen LogP contribution >= 0.6 is 11.6 Å². The van der Waals surface area contributed by atoms with Crippen molar-refractivity contribution in [2.24, 2.45) is 0 Å². The molecular weight excluding hydrogens is 464 g/mol. The standard InChI is InChI=1S/C26H23ClN6O2/c1-16-5-3-4-6-22(16)29-25(34)23-17(2)28-26-30-31-32-33(26)24(23)19-9-13-21(14-10-19)35-15-18-7-11-20(27)12-8-18/h3-14,24H,15H2,1-2H3,(H,29,34)(H,28,30,32).